The average molecular weight is 344 g/mol. The van der Waals surface area contributed by atoms with E-state index in [-0.39, 0.29) is 5.91 Å². The smallest absolute Gasteiger partial charge is 0.251 e. The maximum atomic E-state index is 12.2. The van der Waals surface area contributed by atoms with Crippen molar-refractivity contribution in [2.24, 2.45) is 0 Å². The molecule has 3 nitrogen and oxygen atoms in total. The SMILES string of the molecule is Cc1ccc(CNC(=O)c2ccc3cc(Br)ccc3c2)o1. The fourth-order valence-electron chi connectivity index (χ4n) is 2.21. The van der Waals surface area contributed by atoms with Crippen LogP contribution in [-0.4, -0.2) is 5.91 Å². The molecule has 1 heterocycles. The van der Waals surface area contributed by atoms with Gasteiger partial charge in [0, 0.05) is 10.0 Å². The molecule has 1 N–H and O–H groups in total. The number of benzene rings is 2. The third-order valence-corrected chi connectivity index (χ3v) is 3.78. The molecule has 0 radical (unpaired) electrons. The van der Waals surface area contributed by atoms with Crippen molar-refractivity contribution in [1.29, 1.82) is 0 Å². The number of hydrogen-bond donors (Lipinski definition) is 1. The first kappa shape index (κ1) is 13.9. The molecule has 3 rings (SSSR count). The predicted molar refractivity (Wildman–Crippen MR) is 86.3 cm³/mol. The number of nitrogens with one attached hydrogen (secondary N) is 1. The van der Waals surface area contributed by atoms with Crippen molar-refractivity contribution in [2.75, 3.05) is 0 Å². The third kappa shape index (κ3) is 3.16. The lowest BCUT2D eigenvalue weighted by atomic mass is 10.1. The summed E-state index contributed by atoms with van der Waals surface area (Å²) in [5.41, 5.74) is 0.646. The topological polar surface area (TPSA) is 42.2 Å². The van der Waals surface area contributed by atoms with Crippen LogP contribution >= 0.6 is 15.9 Å². The van der Waals surface area contributed by atoms with Crippen LogP contribution in [0.3, 0.4) is 0 Å². The molecule has 0 saturated carbocycles. The Morgan fingerprint density at radius 1 is 1.10 bits per heavy atom. The monoisotopic (exact) mass is 343 g/mol. The Morgan fingerprint density at radius 3 is 2.62 bits per heavy atom. The second-order valence-electron chi connectivity index (χ2n) is 4.90. The van der Waals surface area contributed by atoms with E-state index < -0.39 is 0 Å². The minimum atomic E-state index is -0.103. The standard InChI is InChI=1S/C17H14BrNO2/c1-11-2-7-16(21-11)10-19-17(20)14-4-3-13-9-15(18)6-5-12(13)8-14/h2-9H,10H2,1H3,(H,19,20). The minimum Gasteiger partial charge on any atom is -0.465 e. The van der Waals surface area contributed by atoms with Crippen LogP contribution in [0.15, 0.2) is 57.4 Å². The number of rotatable bonds is 3. The van der Waals surface area contributed by atoms with Gasteiger partial charge in [0.1, 0.15) is 11.5 Å². The molecule has 0 spiro atoms. The first-order valence-electron chi connectivity index (χ1n) is 6.65. The first-order chi connectivity index (χ1) is 10.1. The Bertz CT molecular complexity index is 807. The molecule has 0 aliphatic heterocycles. The molecule has 0 unspecified atom stereocenters. The Kier molecular flexibility index (Phi) is 3.80. The van der Waals surface area contributed by atoms with Crippen LogP contribution in [0, 0.1) is 6.92 Å². The summed E-state index contributed by atoms with van der Waals surface area (Å²) in [6, 6.07) is 15.4. The second kappa shape index (κ2) is 5.74. The second-order valence-corrected chi connectivity index (χ2v) is 5.82. The molecule has 0 saturated heterocycles. The molecule has 0 bridgehead atoms. The molecule has 3 aromatic rings. The molecule has 0 atom stereocenters. The van der Waals surface area contributed by atoms with Crippen molar-refractivity contribution < 1.29 is 9.21 Å². The first-order valence-corrected chi connectivity index (χ1v) is 7.44. The Morgan fingerprint density at radius 2 is 1.86 bits per heavy atom. The Balaban J connectivity index is 1.76. The van der Waals surface area contributed by atoms with Crippen molar-refractivity contribution in [3.8, 4) is 0 Å². The summed E-state index contributed by atoms with van der Waals surface area (Å²) < 4.78 is 6.46. The number of aryl methyl sites for hydroxylation is 1. The van der Waals surface area contributed by atoms with E-state index in [4.69, 9.17) is 4.42 Å². The number of carbonyl (C=O) groups is 1. The normalized spacial score (nSPS) is 10.8. The van der Waals surface area contributed by atoms with Gasteiger partial charge < -0.3 is 9.73 Å². The van der Waals surface area contributed by atoms with Gasteiger partial charge in [0.15, 0.2) is 0 Å². The minimum absolute atomic E-state index is 0.103. The fraction of sp³-hybridized carbons (Fsp3) is 0.118. The van der Waals surface area contributed by atoms with Crippen LogP contribution in [-0.2, 0) is 6.54 Å². The number of halogens is 1. The largest absolute Gasteiger partial charge is 0.465 e. The van der Waals surface area contributed by atoms with E-state index in [9.17, 15) is 4.79 Å². The van der Waals surface area contributed by atoms with Crippen molar-refractivity contribution in [3.05, 3.63) is 70.1 Å². The summed E-state index contributed by atoms with van der Waals surface area (Å²) in [5.74, 6) is 1.50. The van der Waals surface area contributed by atoms with Crippen LogP contribution in [0.2, 0.25) is 0 Å². The van der Waals surface area contributed by atoms with Gasteiger partial charge in [-0.1, -0.05) is 28.1 Å². The number of furan rings is 1. The molecule has 1 amide bonds. The van der Waals surface area contributed by atoms with Crippen LogP contribution in [0.4, 0.5) is 0 Å². The van der Waals surface area contributed by atoms with Gasteiger partial charge >= 0.3 is 0 Å². The van der Waals surface area contributed by atoms with E-state index in [0.717, 1.165) is 26.8 Å². The molecule has 106 valence electrons. The van der Waals surface area contributed by atoms with Gasteiger partial charge in [-0.05, 0) is 54.1 Å². The van der Waals surface area contributed by atoms with E-state index in [1.54, 1.807) is 0 Å². The predicted octanol–water partition coefficient (Wildman–Crippen LogP) is 4.43. The molecule has 0 aliphatic carbocycles. The van der Waals surface area contributed by atoms with Crippen LogP contribution in [0.1, 0.15) is 21.9 Å². The van der Waals surface area contributed by atoms with Gasteiger partial charge in [-0.15, -0.1) is 0 Å². The van der Waals surface area contributed by atoms with Crippen molar-refractivity contribution >= 4 is 32.6 Å². The van der Waals surface area contributed by atoms with Gasteiger partial charge in [-0.3, -0.25) is 4.79 Å². The van der Waals surface area contributed by atoms with E-state index in [0.29, 0.717) is 12.1 Å². The van der Waals surface area contributed by atoms with Gasteiger partial charge in [-0.25, -0.2) is 0 Å². The van der Waals surface area contributed by atoms with Gasteiger partial charge in [0.05, 0.1) is 6.54 Å². The summed E-state index contributed by atoms with van der Waals surface area (Å²) in [5, 5.41) is 5.00. The van der Waals surface area contributed by atoms with Crippen molar-refractivity contribution in [1.82, 2.24) is 5.32 Å². The molecular formula is C17H14BrNO2. The number of hydrogen-bond acceptors (Lipinski definition) is 2. The van der Waals surface area contributed by atoms with Crippen molar-refractivity contribution in [3.63, 3.8) is 0 Å². The van der Waals surface area contributed by atoms with E-state index in [1.165, 1.54) is 0 Å². The number of fused-ring (bicyclic) bond motifs is 1. The molecule has 0 fully saturated rings. The lowest BCUT2D eigenvalue weighted by Crippen LogP contribution is -2.22. The lowest BCUT2D eigenvalue weighted by molar-refractivity contribution is 0.0948. The highest BCUT2D eigenvalue weighted by atomic mass is 79.9. The summed E-state index contributed by atoms with van der Waals surface area (Å²) >= 11 is 3.44. The lowest BCUT2D eigenvalue weighted by Gasteiger charge is -2.05. The Labute approximate surface area is 131 Å². The third-order valence-electron chi connectivity index (χ3n) is 3.28. The summed E-state index contributed by atoms with van der Waals surface area (Å²) in [6.07, 6.45) is 0. The molecule has 0 aliphatic rings. The highest BCUT2D eigenvalue weighted by Gasteiger charge is 2.07. The van der Waals surface area contributed by atoms with Gasteiger partial charge in [0.2, 0.25) is 0 Å². The highest BCUT2D eigenvalue weighted by Crippen LogP contribution is 2.21. The molecular weight excluding hydrogens is 330 g/mol. The summed E-state index contributed by atoms with van der Waals surface area (Å²) in [4.78, 5) is 12.2. The van der Waals surface area contributed by atoms with Gasteiger partial charge in [0.25, 0.3) is 5.91 Å². The number of carbonyl (C=O) groups excluding carboxylic acids is 1. The Hall–Kier alpha value is -2.07. The average Bonchev–Trinajstić information content (AvgIpc) is 2.90. The van der Waals surface area contributed by atoms with Crippen molar-refractivity contribution in [2.45, 2.75) is 13.5 Å². The quantitative estimate of drug-likeness (QED) is 0.764. The number of amides is 1. The summed E-state index contributed by atoms with van der Waals surface area (Å²) in [6.45, 7) is 2.28. The zero-order chi connectivity index (χ0) is 14.8. The van der Waals surface area contributed by atoms with Crippen LogP contribution in [0.5, 0.6) is 0 Å². The zero-order valence-corrected chi connectivity index (χ0v) is 13.1. The van der Waals surface area contributed by atoms with Crippen LogP contribution in [0.25, 0.3) is 10.8 Å². The molecule has 4 heteroatoms. The zero-order valence-electron chi connectivity index (χ0n) is 11.5. The molecule has 2 aromatic carbocycles. The maximum Gasteiger partial charge on any atom is 0.251 e. The molecule has 21 heavy (non-hydrogen) atoms. The van der Waals surface area contributed by atoms with E-state index >= 15 is 0 Å². The van der Waals surface area contributed by atoms with Crippen LogP contribution < -0.4 is 5.32 Å². The maximum absolute atomic E-state index is 12.2. The highest BCUT2D eigenvalue weighted by molar-refractivity contribution is 9.10. The van der Waals surface area contributed by atoms with E-state index in [2.05, 4.69) is 21.2 Å². The summed E-state index contributed by atoms with van der Waals surface area (Å²) in [7, 11) is 0. The van der Waals surface area contributed by atoms with E-state index in [1.807, 2.05) is 55.5 Å². The fourth-order valence-corrected chi connectivity index (χ4v) is 2.59. The van der Waals surface area contributed by atoms with Gasteiger partial charge in [-0.2, -0.15) is 0 Å². The molecule has 1 aromatic heterocycles.